The highest BCUT2D eigenvalue weighted by Gasteiger charge is 2.14. The van der Waals surface area contributed by atoms with Crippen LogP contribution in [0.5, 0.6) is 0 Å². The predicted octanol–water partition coefficient (Wildman–Crippen LogP) is 1.38. The van der Waals surface area contributed by atoms with Crippen LogP contribution in [0.3, 0.4) is 0 Å². The van der Waals surface area contributed by atoms with Crippen molar-refractivity contribution >= 4 is 23.5 Å². The normalized spacial score (nSPS) is 20.5. The van der Waals surface area contributed by atoms with E-state index in [0.717, 1.165) is 17.3 Å². The van der Waals surface area contributed by atoms with Crippen LogP contribution in [0.25, 0.3) is 0 Å². The third-order valence-electron chi connectivity index (χ3n) is 2.50. The maximum atomic E-state index is 5.31. The molecule has 6 heteroatoms. The van der Waals surface area contributed by atoms with Crippen molar-refractivity contribution in [1.82, 2.24) is 9.97 Å². The van der Waals surface area contributed by atoms with Gasteiger partial charge in [0.15, 0.2) is 0 Å². The molecule has 0 amide bonds. The molecular weight excluding hydrogens is 222 g/mol. The number of anilines is 2. The molecule has 4 N–H and O–H groups in total. The van der Waals surface area contributed by atoms with Crippen molar-refractivity contribution in [2.45, 2.75) is 25.8 Å². The molecule has 0 radical (unpaired) electrons. The van der Waals surface area contributed by atoms with Gasteiger partial charge < -0.3 is 5.32 Å². The highest BCUT2D eigenvalue weighted by Crippen LogP contribution is 2.20. The Balaban J connectivity index is 2.04. The van der Waals surface area contributed by atoms with Gasteiger partial charge in [-0.05, 0) is 25.5 Å². The van der Waals surface area contributed by atoms with Gasteiger partial charge in [-0.2, -0.15) is 16.7 Å². The van der Waals surface area contributed by atoms with Gasteiger partial charge in [-0.15, -0.1) is 0 Å². The van der Waals surface area contributed by atoms with Crippen molar-refractivity contribution in [3.8, 4) is 0 Å². The molecule has 2 rings (SSSR count). The Morgan fingerprint density at radius 2 is 2.38 bits per heavy atom. The van der Waals surface area contributed by atoms with E-state index in [9.17, 15) is 0 Å². The van der Waals surface area contributed by atoms with E-state index in [2.05, 4.69) is 20.7 Å². The molecule has 0 saturated carbocycles. The smallest absolute Gasteiger partial charge is 0.239 e. The van der Waals surface area contributed by atoms with Crippen LogP contribution in [-0.4, -0.2) is 27.5 Å². The van der Waals surface area contributed by atoms with Gasteiger partial charge in [0.05, 0.1) is 0 Å². The van der Waals surface area contributed by atoms with Gasteiger partial charge in [0.25, 0.3) is 0 Å². The first-order valence-electron chi connectivity index (χ1n) is 5.44. The Morgan fingerprint density at radius 3 is 3.06 bits per heavy atom. The van der Waals surface area contributed by atoms with Crippen LogP contribution in [0.2, 0.25) is 0 Å². The molecule has 1 aliphatic heterocycles. The summed E-state index contributed by atoms with van der Waals surface area (Å²) in [5.41, 5.74) is 3.39. The summed E-state index contributed by atoms with van der Waals surface area (Å²) in [4.78, 5) is 8.43. The Hall–Kier alpha value is -1.01. The molecule has 0 aliphatic carbocycles. The quantitative estimate of drug-likeness (QED) is 0.546. The first kappa shape index (κ1) is 11.5. The van der Waals surface area contributed by atoms with Crippen molar-refractivity contribution in [2.75, 3.05) is 22.2 Å². The van der Waals surface area contributed by atoms with Crippen LogP contribution in [0.4, 0.5) is 11.8 Å². The lowest BCUT2D eigenvalue weighted by Crippen LogP contribution is -2.26. The third kappa shape index (κ3) is 2.99. The van der Waals surface area contributed by atoms with Crippen molar-refractivity contribution in [3.05, 3.63) is 11.8 Å². The molecule has 2 heterocycles. The highest BCUT2D eigenvalue weighted by atomic mass is 32.2. The molecule has 1 aromatic rings. The summed E-state index contributed by atoms with van der Waals surface area (Å²) in [5.74, 6) is 9.05. The molecular formula is C10H17N5S. The van der Waals surface area contributed by atoms with Crippen molar-refractivity contribution in [3.63, 3.8) is 0 Å². The maximum Gasteiger partial charge on any atom is 0.239 e. The number of aromatic nitrogens is 2. The zero-order chi connectivity index (χ0) is 11.4. The summed E-state index contributed by atoms with van der Waals surface area (Å²) in [5, 5.41) is 3.43. The number of hydrazine groups is 1. The summed E-state index contributed by atoms with van der Waals surface area (Å²) < 4.78 is 0. The largest absolute Gasteiger partial charge is 0.366 e. The van der Waals surface area contributed by atoms with E-state index >= 15 is 0 Å². The summed E-state index contributed by atoms with van der Waals surface area (Å²) in [7, 11) is 0. The lowest BCUT2D eigenvalue weighted by molar-refractivity contribution is 0.682. The number of thioether (sulfide) groups is 1. The van der Waals surface area contributed by atoms with Gasteiger partial charge in [0, 0.05) is 23.6 Å². The monoisotopic (exact) mass is 239 g/mol. The number of nitrogen functional groups attached to an aromatic ring is 1. The summed E-state index contributed by atoms with van der Waals surface area (Å²) in [6.07, 6.45) is 2.48. The molecule has 0 aromatic carbocycles. The van der Waals surface area contributed by atoms with Crippen LogP contribution in [-0.2, 0) is 0 Å². The van der Waals surface area contributed by atoms with Crippen LogP contribution >= 0.6 is 11.8 Å². The van der Waals surface area contributed by atoms with E-state index in [0.29, 0.717) is 12.0 Å². The number of hydrogen-bond donors (Lipinski definition) is 3. The first-order valence-corrected chi connectivity index (χ1v) is 6.60. The van der Waals surface area contributed by atoms with Crippen molar-refractivity contribution in [2.24, 2.45) is 5.84 Å². The molecule has 1 aliphatic rings. The molecule has 5 nitrogen and oxygen atoms in total. The van der Waals surface area contributed by atoms with Crippen molar-refractivity contribution < 1.29 is 0 Å². The van der Waals surface area contributed by atoms with Crippen LogP contribution in [0.15, 0.2) is 6.07 Å². The SMILES string of the molecule is Cc1cc(NC2CCCSC2)nc(NN)n1. The van der Waals surface area contributed by atoms with Crippen molar-refractivity contribution in [1.29, 1.82) is 0 Å². The topological polar surface area (TPSA) is 75.9 Å². The molecule has 88 valence electrons. The number of nitrogens with zero attached hydrogens (tertiary/aromatic N) is 2. The van der Waals surface area contributed by atoms with Gasteiger partial charge in [-0.3, -0.25) is 5.43 Å². The minimum absolute atomic E-state index is 0.464. The van der Waals surface area contributed by atoms with E-state index in [1.165, 1.54) is 18.6 Å². The predicted molar refractivity (Wildman–Crippen MR) is 68.5 cm³/mol. The first-order chi connectivity index (χ1) is 7.78. The lowest BCUT2D eigenvalue weighted by atomic mass is 10.2. The van der Waals surface area contributed by atoms with Crippen LogP contribution in [0.1, 0.15) is 18.5 Å². The van der Waals surface area contributed by atoms with Gasteiger partial charge >= 0.3 is 0 Å². The fourth-order valence-electron chi connectivity index (χ4n) is 1.77. The zero-order valence-electron chi connectivity index (χ0n) is 9.36. The molecule has 1 atom stereocenters. The maximum absolute atomic E-state index is 5.31. The van der Waals surface area contributed by atoms with E-state index < -0.39 is 0 Å². The molecule has 1 aromatic heterocycles. The fourth-order valence-corrected chi connectivity index (χ4v) is 2.84. The Morgan fingerprint density at radius 1 is 1.50 bits per heavy atom. The molecule has 1 fully saturated rings. The standard InChI is InChI=1S/C10H17N5S/c1-7-5-9(14-10(12-7)15-11)13-8-3-2-4-16-6-8/h5,8H,2-4,6,11H2,1H3,(H2,12,13,14,15). The molecule has 16 heavy (non-hydrogen) atoms. The summed E-state index contributed by atoms with van der Waals surface area (Å²) in [6, 6.07) is 2.46. The number of nitrogens with one attached hydrogen (secondary N) is 2. The number of hydrogen-bond acceptors (Lipinski definition) is 6. The third-order valence-corrected chi connectivity index (χ3v) is 3.71. The number of aryl methyl sites for hydroxylation is 1. The Kier molecular flexibility index (Phi) is 3.84. The van der Waals surface area contributed by atoms with E-state index in [4.69, 9.17) is 5.84 Å². The summed E-state index contributed by atoms with van der Waals surface area (Å²) >= 11 is 1.99. The second kappa shape index (κ2) is 5.36. The van der Waals surface area contributed by atoms with E-state index in [-0.39, 0.29) is 0 Å². The molecule has 0 spiro atoms. The summed E-state index contributed by atoms with van der Waals surface area (Å²) in [6.45, 7) is 1.93. The van der Waals surface area contributed by atoms with Gasteiger partial charge in [0.2, 0.25) is 5.95 Å². The average molecular weight is 239 g/mol. The highest BCUT2D eigenvalue weighted by molar-refractivity contribution is 7.99. The van der Waals surface area contributed by atoms with Gasteiger partial charge in [0.1, 0.15) is 5.82 Å². The van der Waals surface area contributed by atoms with Gasteiger partial charge in [-0.25, -0.2) is 10.8 Å². The number of rotatable bonds is 3. The molecule has 0 bridgehead atoms. The minimum Gasteiger partial charge on any atom is -0.366 e. The molecule has 1 saturated heterocycles. The second-order valence-corrected chi connectivity index (χ2v) is 5.07. The van der Waals surface area contributed by atoms with E-state index in [1.54, 1.807) is 0 Å². The zero-order valence-corrected chi connectivity index (χ0v) is 10.2. The second-order valence-electron chi connectivity index (χ2n) is 3.92. The van der Waals surface area contributed by atoms with Crippen LogP contribution in [0, 0.1) is 6.92 Å². The Bertz CT molecular complexity index is 351. The average Bonchev–Trinajstić information content (AvgIpc) is 2.29. The number of nitrogens with two attached hydrogens (primary N) is 1. The molecule has 1 unspecified atom stereocenters. The fraction of sp³-hybridized carbons (Fsp3) is 0.600. The van der Waals surface area contributed by atoms with Gasteiger partial charge in [-0.1, -0.05) is 0 Å². The minimum atomic E-state index is 0.464. The van der Waals surface area contributed by atoms with Crippen LogP contribution < -0.4 is 16.6 Å². The lowest BCUT2D eigenvalue weighted by Gasteiger charge is -2.23. The Labute approximate surface area is 99.6 Å². The van der Waals surface area contributed by atoms with E-state index in [1.807, 2.05) is 24.8 Å².